The maximum absolute atomic E-state index is 12.4. The van der Waals surface area contributed by atoms with E-state index in [4.69, 9.17) is 4.84 Å². The predicted molar refractivity (Wildman–Crippen MR) is 97.6 cm³/mol. The monoisotopic (exact) mass is 392 g/mol. The van der Waals surface area contributed by atoms with Gasteiger partial charge in [-0.1, -0.05) is 29.4 Å². The summed E-state index contributed by atoms with van der Waals surface area (Å²) in [6.45, 7) is -1.56. The molecular weight excluding hydrogens is 374 g/mol. The predicted octanol–water partition coefficient (Wildman–Crippen LogP) is 3.45. The minimum Gasteiger partial charge on any atom is -0.465 e. The molecule has 0 fully saturated rings. The van der Waals surface area contributed by atoms with Crippen LogP contribution in [-0.2, 0) is 14.4 Å². The second-order valence-electron chi connectivity index (χ2n) is 5.46. The summed E-state index contributed by atoms with van der Waals surface area (Å²) in [5.74, 6) is -1.21. The van der Waals surface area contributed by atoms with E-state index in [1.807, 2.05) is 0 Å². The molecule has 0 aliphatic carbocycles. The van der Waals surface area contributed by atoms with Gasteiger partial charge in [0.25, 0.3) is 5.91 Å². The van der Waals surface area contributed by atoms with Crippen molar-refractivity contribution in [2.24, 2.45) is 5.16 Å². The minimum absolute atomic E-state index is 0.0885. The largest absolute Gasteiger partial charge is 0.465 e. The van der Waals surface area contributed by atoms with E-state index >= 15 is 0 Å². The van der Waals surface area contributed by atoms with Crippen LogP contribution >= 0.6 is 0 Å². The van der Waals surface area contributed by atoms with Gasteiger partial charge in [0.15, 0.2) is 0 Å². The Balaban J connectivity index is 1.92. The van der Waals surface area contributed by atoms with Crippen molar-refractivity contribution in [1.82, 2.24) is 0 Å². The summed E-state index contributed by atoms with van der Waals surface area (Å²) < 4.78 is 33.8. The van der Waals surface area contributed by atoms with Gasteiger partial charge in [0.05, 0.1) is 24.6 Å². The molecule has 2 aromatic carbocycles. The van der Waals surface area contributed by atoms with Crippen LogP contribution < -0.4 is 10.1 Å². The lowest BCUT2D eigenvalue weighted by molar-refractivity contribution is -0.126. The molecule has 0 saturated heterocycles. The van der Waals surface area contributed by atoms with E-state index < -0.39 is 24.6 Å². The number of anilines is 1. The van der Waals surface area contributed by atoms with Crippen LogP contribution in [0.3, 0.4) is 0 Å². The Morgan fingerprint density at radius 3 is 2.43 bits per heavy atom. The highest BCUT2D eigenvalue weighted by Crippen LogP contribution is 2.25. The molecule has 9 heteroatoms. The Morgan fingerprint density at radius 1 is 1.11 bits per heavy atom. The molecule has 2 rings (SSSR count). The molecule has 0 saturated carbocycles. The fourth-order valence-corrected chi connectivity index (χ4v) is 2.06. The summed E-state index contributed by atoms with van der Waals surface area (Å²) >= 11 is 0. The number of para-hydroxylation sites is 2. The Hall–Kier alpha value is -3.49. The second-order valence-corrected chi connectivity index (χ2v) is 5.46. The SMILES string of the molecule is COC(=O)c1ccc(/C=N/OC(C)C(=O)Nc2ccccc2OC(F)F)cc1. The smallest absolute Gasteiger partial charge is 0.387 e. The molecule has 0 aliphatic heterocycles. The van der Waals surface area contributed by atoms with Crippen molar-refractivity contribution in [2.45, 2.75) is 19.6 Å². The zero-order chi connectivity index (χ0) is 20.5. The summed E-state index contributed by atoms with van der Waals surface area (Å²) in [6, 6.07) is 12.2. The molecule has 0 spiro atoms. The van der Waals surface area contributed by atoms with Gasteiger partial charge in [-0.15, -0.1) is 0 Å². The highest BCUT2D eigenvalue weighted by atomic mass is 19.3. The zero-order valence-corrected chi connectivity index (χ0v) is 15.1. The number of rotatable bonds is 8. The summed E-state index contributed by atoms with van der Waals surface area (Å²) in [5, 5.41) is 6.16. The number of amides is 1. The topological polar surface area (TPSA) is 86.2 Å². The lowest BCUT2D eigenvalue weighted by atomic mass is 10.1. The number of hydrogen-bond donors (Lipinski definition) is 1. The number of oxime groups is 1. The molecular formula is C19H18F2N2O5. The van der Waals surface area contributed by atoms with Crippen LogP contribution in [-0.4, -0.2) is 37.9 Å². The van der Waals surface area contributed by atoms with Gasteiger partial charge in [0.2, 0.25) is 6.10 Å². The standard InChI is InChI=1S/C19H18F2N2O5/c1-12(17(24)23-15-5-3-4-6-16(15)27-19(20)21)28-22-11-13-7-9-14(10-8-13)18(25)26-2/h3-12,19H,1-2H3,(H,23,24)/b22-11+. The van der Waals surface area contributed by atoms with Crippen LogP contribution in [0, 0.1) is 0 Å². The van der Waals surface area contributed by atoms with Gasteiger partial charge >= 0.3 is 12.6 Å². The first kappa shape index (κ1) is 20.8. The van der Waals surface area contributed by atoms with Crippen LogP contribution in [0.2, 0.25) is 0 Å². The molecule has 1 unspecified atom stereocenters. The third-order valence-corrected chi connectivity index (χ3v) is 3.48. The molecule has 0 aliphatic rings. The average Bonchev–Trinajstić information content (AvgIpc) is 2.68. The first-order chi connectivity index (χ1) is 13.4. The summed E-state index contributed by atoms with van der Waals surface area (Å²) in [4.78, 5) is 28.6. The highest BCUT2D eigenvalue weighted by molar-refractivity contribution is 5.95. The van der Waals surface area contributed by atoms with E-state index in [2.05, 4.69) is 19.9 Å². The molecule has 1 N–H and O–H groups in total. The lowest BCUT2D eigenvalue weighted by Gasteiger charge is -2.14. The molecule has 28 heavy (non-hydrogen) atoms. The molecule has 1 amide bonds. The van der Waals surface area contributed by atoms with Crippen LogP contribution in [0.1, 0.15) is 22.8 Å². The van der Waals surface area contributed by atoms with Crippen LogP contribution in [0.5, 0.6) is 5.75 Å². The zero-order valence-electron chi connectivity index (χ0n) is 15.1. The number of hydrogen-bond acceptors (Lipinski definition) is 6. The highest BCUT2D eigenvalue weighted by Gasteiger charge is 2.17. The maximum atomic E-state index is 12.4. The Morgan fingerprint density at radius 2 is 1.79 bits per heavy atom. The molecule has 0 aromatic heterocycles. The molecule has 0 heterocycles. The number of methoxy groups -OCH3 is 1. The van der Waals surface area contributed by atoms with Crippen molar-refractivity contribution in [1.29, 1.82) is 0 Å². The number of esters is 1. The molecule has 0 radical (unpaired) electrons. The number of nitrogens with one attached hydrogen (secondary N) is 1. The maximum Gasteiger partial charge on any atom is 0.387 e. The van der Waals surface area contributed by atoms with Crippen molar-refractivity contribution >= 4 is 23.8 Å². The minimum atomic E-state index is -3.01. The Bertz CT molecular complexity index is 840. The van der Waals surface area contributed by atoms with Crippen molar-refractivity contribution in [3.05, 3.63) is 59.7 Å². The number of alkyl halides is 2. The van der Waals surface area contributed by atoms with Gasteiger partial charge in [-0.2, -0.15) is 8.78 Å². The first-order valence-electron chi connectivity index (χ1n) is 8.13. The quantitative estimate of drug-likeness (QED) is 0.422. The molecule has 2 aromatic rings. The number of ether oxygens (including phenoxy) is 2. The van der Waals surface area contributed by atoms with Crippen LogP contribution in [0.4, 0.5) is 14.5 Å². The van der Waals surface area contributed by atoms with Crippen molar-refractivity contribution in [2.75, 3.05) is 12.4 Å². The number of benzene rings is 2. The normalized spacial score (nSPS) is 11.9. The third-order valence-electron chi connectivity index (χ3n) is 3.48. The van der Waals surface area contributed by atoms with Crippen molar-refractivity contribution in [3.8, 4) is 5.75 Å². The van der Waals surface area contributed by atoms with Gasteiger partial charge in [0.1, 0.15) is 5.75 Å². The van der Waals surface area contributed by atoms with Gasteiger partial charge in [-0.3, -0.25) is 4.79 Å². The fraction of sp³-hybridized carbons (Fsp3) is 0.211. The fourth-order valence-electron chi connectivity index (χ4n) is 2.06. The van der Waals surface area contributed by atoms with Crippen LogP contribution in [0.15, 0.2) is 53.7 Å². The Labute approximate surface area is 159 Å². The van der Waals surface area contributed by atoms with E-state index in [1.54, 1.807) is 30.3 Å². The van der Waals surface area contributed by atoms with Gasteiger partial charge in [-0.25, -0.2) is 4.79 Å². The summed E-state index contributed by atoms with van der Waals surface area (Å²) in [6.07, 6.45) is 0.365. The van der Waals surface area contributed by atoms with E-state index in [0.717, 1.165) is 0 Å². The summed E-state index contributed by atoms with van der Waals surface area (Å²) in [7, 11) is 1.29. The summed E-state index contributed by atoms with van der Waals surface area (Å²) in [5.41, 5.74) is 1.11. The number of nitrogens with zero attached hydrogens (tertiary/aromatic N) is 1. The number of carbonyl (C=O) groups excluding carboxylic acids is 2. The molecule has 7 nitrogen and oxygen atoms in total. The molecule has 0 bridgehead atoms. The van der Waals surface area contributed by atoms with E-state index in [-0.39, 0.29) is 11.4 Å². The third kappa shape index (κ3) is 6.04. The first-order valence-corrected chi connectivity index (χ1v) is 8.13. The van der Waals surface area contributed by atoms with E-state index in [0.29, 0.717) is 11.1 Å². The van der Waals surface area contributed by atoms with Gasteiger partial charge in [-0.05, 0) is 36.8 Å². The molecule has 1 atom stereocenters. The average molecular weight is 392 g/mol. The Kier molecular flexibility index (Phi) is 7.44. The lowest BCUT2D eigenvalue weighted by Crippen LogP contribution is -2.26. The van der Waals surface area contributed by atoms with Gasteiger partial charge < -0.3 is 19.6 Å². The van der Waals surface area contributed by atoms with Crippen molar-refractivity contribution < 1.29 is 32.7 Å². The second kappa shape index (κ2) is 10.0. The molecule has 148 valence electrons. The van der Waals surface area contributed by atoms with E-state index in [1.165, 1.54) is 38.4 Å². The van der Waals surface area contributed by atoms with Gasteiger partial charge in [0, 0.05) is 0 Å². The van der Waals surface area contributed by atoms with Crippen LogP contribution in [0.25, 0.3) is 0 Å². The van der Waals surface area contributed by atoms with E-state index in [9.17, 15) is 18.4 Å². The number of halogens is 2. The van der Waals surface area contributed by atoms with Crippen molar-refractivity contribution in [3.63, 3.8) is 0 Å². The number of carbonyl (C=O) groups is 2.